The van der Waals surface area contributed by atoms with E-state index in [2.05, 4.69) is 16.0 Å². The number of aryl methyl sites for hydroxylation is 1. The maximum Gasteiger partial charge on any atom is 0.418 e. The number of alkyl halides is 3. The van der Waals surface area contributed by atoms with E-state index in [1.54, 1.807) is 31.2 Å². The van der Waals surface area contributed by atoms with Crippen LogP contribution in [0.25, 0.3) is 0 Å². The minimum absolute atomic E-state index is 0.0215. The molecule has 0 spiro atoms. The van der Waals surface area contributed by atoms with E-state index in [1.165, 1.54) is 24.3 Å². The first-order valence-electron chi connectivity index (χ1n) is 9.61. The zero-order valence-electron chi connectivity index (χ0n) is 17.1. The third-order valence-corrected chi connectivity index (χ3v) is 4.92. The molecular weight excluding hydrogens is 461 g/mol. The van der Waals surface area contributed by atoms with Crippen LogP contribution in [0.2, 0.25) is 0 Å². The molecule has 0 aliphatic heterocycles. The summed E-state index contributed by atoms with van der Waals surface area (Å²) in [7, 11) is 0. The number of nitrogens with one attached hydrogen (secondary N) is 3. The predicted molar refractivity (Wildman–Crippen MR) is 120 cm³/mol. The van der Waals surface area contributed by atoms with Crippen LogP contribution < -0.4 is 16.0 Å². The average molecular weight is 479 g/mol. The lowest BCUT2D eigenvalue weighted by Gasteiger charge is -2.22. The van der Waals surface area contributed by atoms with Crippen LogP contribution in [0.4, 0.5) is 33.3 Å². The summed E-state index contributed by atoms with van der Waals surface area (Å²) in [5, 5.41) is 7.37. The number of carbonyl (C=O) groups is 1. The fourth-order valence-corrected chi connectivity index (χ4v) is 3.27. The van der Waals surface area contributed by atoms with Crippen molar-refractivity contribution in [3.8, 4) is 0 Å². The molecule has 0 bridgehead atoms. The van der Waals surface area contributed by atoms with E-state index < -0.39 is 35.3 Å². The quantitative estimate of drug-likeness (QED) is 0.312. The SMILES string of the molecule is Cc1ccccc1NC(=O)C(NC(=S)Nc1ccccc1C(F)(F)F)c1ccc(F)c(F)c1. The maximum atomic E-state index is 13.9. The van der Waals surface area contributed by atoms with Gasteiger partial charge in [-0.2, -0.15) is 13.2 Å². The van der Waals surface area contributed by atoms with Gasteiger partial charge in [0.1, 0.15) is 6.04 Å². The number of hydrogen-bond donors (Lipinski definition) is 3. The van der Waals surface area contributed by atoms with Gasteiger partial charge in [-0.15, -0.1) is 0 Å². The summed E-state index contributed by atoms with van der Waals surface area (Å²) in [6.45, 7) is 1.76. The number of thiocarbonyl (C=S) groups is 1. The second-order valence-corrected chi connectivity index (χ2v) is 7.46. The number of amides is 1. The van der Waals surface area contributed by atoms with E-state index in [0.29, 0.717) is 5.69 Å². The smallest absolute Gasteiger partial charge is 0.347 e. The summed E-state index contributed by atoms with van der Waals surface area (Å²) < 4.78 is 67.1. The summed E-state index contributed by atoms with van der Waals surface area (Å²) in [4.78, 5) is 13.0. The first-order chi connectivity index (χ1) is 15.6. The first-order valence-corrected chi connectivity index (χ1v) is 10.0. The summed E-state index contributed by atoms with van der Waals surface area (Å²) in [6.07, 6.45) is -4.64. The number of para-hydroxylation sites is 2. The van der Waals surface area contributed by atoms with Gasteiger partial charge in [0.15, 0.2) is 16.7 Å². The zero-order chi connectivity index (χ0) is 24.2. The Balaban J connectivity index is 1.88. The van der Waals surface area contributed by atoms with Gasteiger partial charge in [-0.1, -0.05) is 36.4 Å². The molecule has 3 N–H and O–H groups in total. The fourth-order valence-electron chi connectivity index (χ4n) is 3.04. The van der Waals surface area contributed by atoms with Crippen LogP contribution in [0.1, 0.15) is 22.7 Å². The normalized spacial score (nSPS) is 12.1. The molecule has 1 unspecified atom stereocenters. The van der Waals surface area contributed by atoms with Crippen molar-refractivity contribution in [1.82, 2.24) is 5.32 Å². The van der Waals surface area contributed by atoms with Gasteiger partial charge in [-0.25, -0.2) is 8.78 Å². The van der Waals surface area contributed by atoms with E-state index in [9.17, 15) is 26.7 Å². The molecule has 3 aromatic carbocycles. The molecule has 10 heteroatoms. The standard InChI is InChI=1S/C23H18F5N3OS/c1-13-6-2-4-8-18(13)29-21(32)20(14-10-11-16(24)17(25)12-14)31-22(33)30-19-9-5-3-7-15(19)23(26,27)28/h2-12,20H,1H3,(H,29,32)(H2,30,31,33). The molecule has 172 valence electrons. The van der Waals surface area contributed by atoms with Gasteiger partial charge in [0, 0.05) is 5.69 Å². The molecule has 0 aliphatic rings. The summed E-state index contributed by atoms with van der Waals surface area (Å²) >= 11 is 5.13. The van der Waals surface area contributed by atoms with Gasteiger partial charge in [-0.3, -0.25) is 4.79 Å². The Bertz CT molecular complexity index is 1180. The Labute approximate surface area is 191 Å². The second kappa shape index (κ2) is 9.95. The minimum Gasteiger partial charge on any atom is -0.347 e. The average Bonchev–Trinajstić information content (AvgIpc) is 2.75. The number of anilines is 2. The molecule has 0 heterocycles. The third kappa shape index (κ3) is 6.04. The van der Waals surface area contributed by atoms with Crippen molar-refractivity contribution in [2.24, 2.45) is 0 Å². The van der Waals surface area contributed by atoms with Crippen molar-refractivity contribution in [2.75, 3.05) is 10.6 Å². The number of halogens is 5. The molecule has 0 aliphatic carbocycles. The van der Waals surface area contributed by atoms with Gasteiger partial charge in [0.05, 0.1) is 11.3 Å². The third-order valence-electron chi connectivity index (χ3n) is 4.70. The van der Waals surface area contributed by atoms with Crippen molar-refractivity contribution >= 4 is 34.6 Å². The van der Waals surface area contributed by atoms with Gasteiger partial charge >= 0.3 is 6.18 Å². The van der Waals surface area contributed by atoms with E-state index in [4.69, 9.17) is 12.2 Å². The molecule has 0 saturated heterocycles. The highest BCUT2D eigenvalue weighted by Crippen LogP contribution is 2.34. The fraction of sp³-hybridized carbons (Fsp3) is 0.130. The van der Waals surface area contributed by atoms with Gasteiger partial charge in [-0.05, 0) is 60.6 Å². The second-order valence-electron chi connectivity index (χ2n) is 7.05. The van der Waals surface area contributed by atoms with Crippen molar-refractivity contribution in [3.63, 3.8) is 0 Å². The lowest BCUT2D eigenvalue weighted by molar-refractivity contribution is -0.137. The monoisotopic (exact) mass is 479 g/mol. The highest BCUT2D eigenvalue weighted by atomic mass is 32.1. The molecule has 1 atom stereocenters. The Morgan fingerprint density at radius 3 is 2.15 bits per heavy atom. The summed E-state index contributed by atoms with van der Waals surface area (Å²) in [5.74, 6) is -2.98. The van der Waals surface area contributed by atoms with Crippen LogP contribution in [0.5, 0.6) is 0 Å². The van der Waals surface area contributed by atoms with Crippen molar-refractivity contribution in [2.45, 2.75) is 19.1 Å². The minimum atomic E-state index is -4.64. The zero-order valence-corrected chi connectivity index (χ0v) is 18.0. The maximum absolute atomic E-state index is 13.9. The largest absolute Gasteiger partial charge is 0.418 e. The Kier molecular flexibility index (Phi) is 7.27. The van der Waals surface area contributed by atoms with E-state index in [0.717, 1.165) is 23.8 Å². The van der Waals surface area contributed by atoms with Crippen LogP contribution in [0.3, 0.4) is 0 Å². The van der Waals surface area contributed by atoms with Crippen LogP contribution in [-0.2, 0) is 11.0 Å². The lowest BCUT2D eigenvalue weighted by atomic mass is 10.1. The number of hydrogen-bond acceptors (Lipinski definition) is 2. The molecule has 1 amide bonds. The van der Waals surface area contributed by atoms with Gasteiger partial charge in [0.2, 0.25) is 0 Å². The van der Waals surface area contributed by atoms with Gasteiger partial charge < -0.3 is 16.0 Å². The van der Waals surface area contributed by atoms with Crippen LogP contribution >= 0.6 is 12.2 Å². The lowest BCUT2D eigenvalue weighted by Crippen LogP contribution is -2.39. The first kappa shape index (κ1) is 24.1. The molecule has 0 fully saturated rings. The summed E-state index contributed by atoms with van der Waals surface area (Å²) in [6, 6.07) is 13.0. The molecule has 4 nitrogen and oxygen atoms in total. The molecule has 3 rings (SSSR count). The highest BCUT2D eigenvalue weighted by Gasteiger charge is 2.33. The number of benzene rings is 3. The van der Waals surface area contributed by atoms with Crippen LogP contribution in [0, 0.1) is 18.6 Å². The van der Waals surface area contributed by atoms with Crippen LogP contribution in [-0.4, -0.2) is 11.0 Å². The Morgan fingerprint density at radius 2 is 1.52 bits per heavy atom. The molecular formula is C23H18F5N3OS. The Morgan fingerprint density at radius 1 is 0.879 bits per heavy atom. The highest BCUT2D eigenvalue weighted by molar-refractivity contribution is 7.80. The molecule has 0 saturated carbocycles. The molecule has 33 heavy (non-hydrogen) atoms. The van der Waals surface area contributed by atoms with Crippen LogP contribution in [0.15, 0.2) is 66.7 Å². The van der Waals surface area contributed by atoms with E-state index >= 15 is 0 Å². The topological polar surface area (TPSA) is 53.2 Å². The summed E-state index contributed by atoms with van der Waals surface area (Å²) in [5.41, 5.74) is -0.0464. The van der Waals surface area contributed by atoms with E-state index in [-0.39, 0.29) is 16.4 Å². The molecule has 3 aromatic rings. The number of rotatable bonds is 5. The van der Waals surface area contributed by atoms with E-state index in [1.807, 2.05) is 0 Å². The van der Waals surface area contributed by atoms with Crippen molar-refractivity contribution < 1.29 is 26.7 Å². The molecule has 0 radical (unpaired) electrons. The molecule has 0 aromatic heterocycles. The van der Waals surface area contributed by atoms with Gasteiger partial charge in [0.25, 0.3) is 5.91 Å². The number of carbonyl (C=O) groups excluding carboxylic acids is 1. The Hall–Kier alpha value is -3.53. The van der Waals surface area contributed by atoms with Crippen molar-refractivity contribution in [1.29, 1.82) is 0 Å². The van der Waals surface area contributed by atoms with Crippen molar-refractivity contribution in [3.05, 3.63) is 95.1 Å². The predicted octanol–water partition coefficient (Wildman–Crippen LogP) is 5.96.